The third-order valence-electron chi connectivity index (χ3n) is 2.60. The van der Waals surface area contributed by atoms with Crippen LogP contribution in [0, 0.1) is 0 Å². The van der Waals surface area contributed by atoms with Crippen LogP contribution in [0.15, 0.2) is 30.6 Å². The number of anilines is 1. The SMILES string of the molecule is CCOC(=O)CCC(=O)Nc1cccc(-n2cnnn2)c1. The maximum absolute atomic E-state index is 11.8. The van der Waals surface area contributed by atoms with Gasteiger partial charge in [0, 0.05) is 12.1 Å². The van der Waals surface area contributed by atoms with Crippen molar-refractivity contribution in [3.8, 4) is 5.69 Å². The fraction of sp³-hybridized carbons (Fsp3) is 0.308. The molecule has 0 radical (unpaired) electrons. The van der Waals surface area contributed by atoms with Crippen LogP contribution in [0.25, 0.3) is 5.69 Å². The van der Waals surface area contributed by atoms with Crippen LogP contribution in [0.5, 0.6) is 0 Å². The lowest BCUT2D eigenvalue weighted by atomic mass is 10.2. The number of carbonyl (C=O) groups is 2. The number of tetrazole rings is 1. The van der Waals surface area contributed by atoms with Crippen LogP contribution in [0.3, 0.4) is 0 Å². The van der Waals surface area contributed by atoms with Gasteiger partial charge in [0.2, 0.25) is 5.91 Å². The Kier molecular flexibility index (Phi) is 4.97. The molecule has 0 unspecified atom stereocenters. The molecule has 8 heteroatoms. The molecule has 21 heavy (non-hydrogen) atoms. The highest BCUT2D eigenvalue weighted by Crippen LogP contribution is 2.13. The van der Waals surface area contributed by atoms with Crippen molar-refractivity contribution in [1.29, 1.82) is 0 Å². The van der Waals surface area contributed by atoms with Crippen LogP contribution in [0.4, 0.5) is 5.69 Å². The normalized spacial score (nSPS) is 10.1. The maximum Gasteiger partial charge on any atom is 0.306 e. The Morgan fingerprint density at radius 3 is 2.90 bits per heavy atom. The molecular weight excluding hydrogens is 274 g/mol. The summed E-state index contributed by atoms with van der Waals surface area (Å²) in [7, 11) is 0. The van der Waals surface area contributed by atoms with E-state index in [1.807, 2.05) is 6.07 Å². The summed E-state index contributed by atoms with van der Waals surface area (Å²) in [4.78, 5) is 22.9. The Balaban J connectivity index is 1.92. The maximum atomic E-state index is 11.8. The van der Waals surface area contributed by atoms with Crippen molar-refractivity contribution in [2.24, 2.45) is 0 Å². The average molecular weight is 289 g/mol. The number of esters is 1. The molecule has 1 aromatic heterocycles. The third kappa shape index (κ3) is 4.37. The van der Waals surface area contributed by atoms with Crippen molar-refractivity contribution in [2.75, 3.05) is 11.9 Å². The van der Waals surface area contributed by atoms with Gasteiger partial charge in [0.1, 0.15) is 6.33 Å². The molecule has 2 rings (SSSR count). The number of nitrogens with one attached hydrogen (secondary N) is 1. The van der Waals surface area contributed by atoms with Gasteiger partial charge in [-0.25, -0.2) is 4.68 Å². The Hall–Kier alpha value is -2.77. The molecule has 1 amide bonds. The summed E-state index contributed by atoms with van der Waals surface area (Å²) in [6, 6.07) is 7.07. The van der Waals surface area contributed by atoms with Crippen LogP contribution in [0.2, 0.25) is 0 Å². The average Bonchev–Trinajstić information content (AvgIpc) is 3.00. The fourth-order valence-electron chi connectivity index (χ4n) is 1.68. The first-order chi connectivity index (χ1) is 10.2. The molecule has 0 aliphatic rings. The number of rotatable bonds is 6. The highest BCUT2D eigenvalue weighted by Gasteiger charge is 2.08. The molecule has 1 heterocycles. The minimum atomic E-state index is -0.380. The summed E-state index contributed by atoms with van der Waals surface area (Å²) in [5.41, 5.74) is 1.33. The number of hydrogen-bond donors (Lipinski definition) is 1. The quantitative estimate of drug-likeness (QED) is 0.795. The van der Waals surface area contributed by atoms with E-state index in [4.69, 9.17) is 4.74 Å². The van der Waals surface area contributed by atoms with Crippen molar-refractivity contribution in [2.45, 2.75) is 19.8 Å². The van der Waals surface area contributed by atoms with Gasteiger partial charge in [-0.1, -0.05) is 6.07 Å². The van der Waals surface area contributed by atoms with Crippen LogP contribution >= 0.6 is 0 Å². The number of carbonyl (C=O) groups excluding carboxylic acids is 2. The summed E-state index contributed by atoms with van der Waals surface area (Å²) in [6.07, 6.45) is 1.60. The first kappa shape index (κ1) is 14.6. The van der Waals surface area contributed by atoms with E-state index in [0.717, 1.165) is 5.69 Å². The summed E-state index contributed by atoms with van der Waals surface area (Å²) in [5.74, 6) is -0.632. The predicted octanol–water partition coefficient (Wildman–Crippen LogP) is 0.944. The number of ether oxygens (including phenoxy) is 1. The molecule has 0 bridgehead atoms. The smallest absolute Gasteiger partial charge is 0.306 e. The van der Waals surface area contributed by atoms with Crippen molar-refractivity contribution in [3.63, 3.8) is 0 Å². The second-order valence-corrected chi connectivity index (χ2v) is 4.16. The summed E-state index contributed by atoms with van der Waals surface area (Å²) < 4.78 is 6.25. The molecule has 0 fully saturated rings. The molecule has 0 saturated heterocycles. The lowest BCUT2D eigenvalue weighted by Gasteiger charge is -2.07. The Bertz CT molecular complexity index is 612. The van der Waals surface area contributed by atoms with Crippen molar-refractivity contribution < 1.29 is 14.3 Å². The second kappa shape index (κ2) is 7.13. The van der Waals surface area contributed by atoms with Crippen molar-refractivity contribution >= 4 is 17.6 Å². The van der Waals surface area contributed by atoms with E-state index in [2.05, 4.69) is 20.8 Å². The number of benzene rings is 1. The molecule has 0 saturated carbocycles. The topological polar surface area (TPSA) is 99.0 Å². The molecule has 0 spiro atoms. The Morgan fingerprint density at radius 1 is 1.33 bits per heavy atom. The van der Waals surface area contributed by atoms with Crippen molar-refractivity contribution in [3.05, 3.63) is 30.6 Å². The summed E-state index contributed by atoms with van der Waals surface area (Å²) in [5, 5.41) is 13.6. The zero-order valence-electron chi connectivity index (χ0n) is 11.5. The predicted molar refractivity (Wildman–Crippen MR) is 73.7 cm³/mol. The molecule has 2 aromatic rings. The van der Waals surface area contributed by atoms with Gasteiger partial charge in [0.25, 0.3) is 0 Å². The van der Waals surface area contributed by atoms with E-state index in [1.165, 1.54) is 11.0 Å². The Labute approximate surface area is 121 Å². The van der Waals surface area contributed by atoms with Gasteiger partial charge < -0.3 is 10.1 Å². The van der Waals surface area contributed by atoms with Gasteiger partial charge in [-0.15, -0.1) is 5.10 Å². The van der Waals surface area contributed by atoms with Gasteiger partial charge in [-0.05, 0) is 35.5 Å². The lowest BCUT2D eigenvalue weighted by molar-refractivity contribution is -0.144. The van der Waals surface area contributed by atoms with Crippen LogP contribution in [-0.4, -0.2) is 38.7 Å². The molecule has 0 atom stereocenters. The fourth-order valence-corrected chi connectivity index (χ4v) is 1.68. The molecule has 0 aliphatic carbocycles. The molecule has 8 nitrogen and oxygen atoms in total. The van der Waals surface area contributed by atoms with Gasteiger partial charge in [-0.2, -0.15) is 0 Å². The minimum absolute atomic E-state index is 0.0619. The van der Waals surface area contributed by atoms with E-state index in [-0.39, 0.29) is 24.7 Å². The molecular formula is C13H15N5O3. The monoisotopic (exact) mass is 289 g/mol. The first-order valence-electron chi connectivity index (χ1n) is 6.48. The van der Waals surface area contributed by atoms with Crippen LogP contribution < -0.4 is 5.32 Å². The highest BCUT2D eigenvalue weighted by atomic mass is 16.5. The number of nitrogens with zero attached hydrogens (tertiary/aromatic N) is 4. The van der Waals surface area contributed by atoms with Gasteiger partial charge in [0.15, 0.2) is 0 Å². The van der Waals surface area contributed by atoms with E-state index in [1.54, 1.807) is 25.1 Å². The zero-order valence-corrected chi connectivity index (χ0v) is 11.5. The third-order valence-corrected chi connectivity index (χ3v) is 2.60. The van der Waals surface area contributed by atoms with Gasteiger partial charge >= 0.3 is 5.97 Å². The minimum Gasteiger partial charge on any atom is -0.466 e. The standard InChI is InChI=1S/C13H15N5O3/c1-2-21-13(20)7-6-12(19)15-10-4-3-5-11(8-10)18-9-14-16-17-18/h3-5,8-9H,2,6-7H2,1H3,(H,15,19). The number of hydrogen-bond acceptors (Lipinski definition) is 6. The Morgan fingerprint density at radius 2 is 2.19 bits per heavy atom. The summed E-state index contributed by atoms with van der Waals surface area (Å²) >= 11 is 0. The lowest BCUT2D eigenvalue weighted by Crippen LogP contribution is -2.14. The number of aromatic nitrogens is 4. The molecule has 0 aliphatic heterocycles. The second-order valence-electron chi connectivity index (χ2n) is 4.16. The first-order valence-corrected chi connectivity index (χ1v) is 6.48. The highest BCUT2D eigenvalue weighted by molar-refractivity contribution is 5.92. The van der Waals surface area contributed by atoms with E-state index < -0.39 is 0 Å². The molecule has 1 aromatic carbocycles. The van der Waals surface area contributed by atoms with E-state index >= 15 is 0 Å². The molecule has 110 valence electrons. The van der Waals surface area contributed by atoms with Gasteiger partial charge in [-0.3, -0.25) is 9.59 Å². The van der Waals surface area contributed by atoms with Crippen LogP contribution in [-0.2, 0) is 14.3 Å². The van der Waals surface area contributed by atoms with Crippen molar-refractivity contribution in [1.82, 2.24) is 20.2 Å². The summed E-state index contributed by atoms with van der Waals surface area (Å²) in [6.45, 7) is 2.04. The van der Waals surface area contributed by atoms with Crippen LogP contribution in [0.1, 0.15) is 19.8 Å². The number of amides is 1. The zero-order chi connectivity index (χ0) is 15.1. The molecule has 1 N–H and O–H groups in total. The van der Waals surface area contributed by atoms with E-state index in [0.29, 0.717) is 12.3 Å². The largest absolute Gasteiger partial charge is 0.466 e. The van der Waals surface area contributed by atoms with Gasteiger partial charge in [0.05, 0.1) is 18.7 Å². The van der Waals surface area contributed by atoms with E-state index in [9.17, 15) is 9.59 Å².